The zero-order valence-electron chi connectivity index (χ0n) is 17.3. The first kappa shape index (κ1) is 22.2. The molecule has 5 heteroatoms. The standard InChI is InChI=1S/C25H29ClN2O2/c26-17-9-16-25(29)28(21-12-5-2-6-13-21)23(18-27)22-14-7-8-15-24(22)30-19-20-10-3-1-4-11-20/h1,3-4,7-8,10-11,14-15,21,23H,2,5-6,9,12-13,16-17,19H2. The van der Waals surface area contributed by atoms with Crippen LogP contribution in [0, 0.1) is 11.3 Å². The van der Waals surface area contributed by atoms with Crippen LogP contribution in [-0.4, -0.2) is 22.7 Å². The Bertz CT molecular complexity index is 844. The number of benzene rings is 2. The maximum Gasteiger partial charge on any atom is 0.224 e. The summed E-state index contributed by atoms with van der Waals surface area (Å²) in [6, 6.07) is 19.4. The first-order valence-electron chi connectivity index (χ1n) is 10.8. The van der Waals surface area contributed by atoms with Crippen LogP contribution in [0.4, 0.5) is 0 Å². The number of hydrogen-bond donors (Lipinski definition) is 0. The Morgan fingerprint density at radius 3 is 2.50 bits per heavy atom. The van der Waals surface area contributed by atoms with Crippen LogP contribution in [0.1, 0.15) is 62.1 Å². The molecule has 2 aromatic rings. The van der Waals surface area contributed by atoms with Crippen LogP contribution in [0.2, 0.25) is 0 Å². The van der Waals surface area contributed by atoms with Crippen molar-refractivity contribution in [3.63, 3.8) is 0 Å². The van der Waals surface area contributed by atoms with Gasteiger partial charge in [-0.2, -0.15) is 5.26 Å². The summed E-state index contributed by atoms with van der Waals surface area (Å²) in [7, 11) is 0. The van der Waals surface area contributed by atoms with E-state index in [2.05, 4.69) is 6.07 Å². The molecule has 1 atom stereocenters. The third-order valence-electron chi connectivity index (χ3n) is 5.63. The molecule has 1 aliphatic rings. The van der Waals surface area contributed by atoms with Crippen LogP contribution in [0.25, 0.3) is 0 Å². The smallest absolute Gasteiger partial charge is 0.224 e. The minimum atomic E-state index is -0.664. The van der Waals surface area contributed by atoms with E-state index in [9.17, 15) is 10.1 Å². The molecule has 0 heterocycles. The van der Waals surface area contributed by atoms with E-state index < -0.39 is 6.04 Å². The van der Waals surface area contributed by atoms with Gasteiger partial charge in [-0.3, -0.25) is 4.79 Å². The molecule has 158 valence electrons. The summed E-state index contributed by atoms with van der Waals surface area (Å²) < 4.78 is 6.09. The fourth-order valence-electron chi connectivity index (χ4n) is 4.12. The van der Waals surface area contributed by atoms with Crippen molar-refractivity contribution in [2.45, 2.75) is 63.6 Å². The van der Waals surface area contributed by atoms with Crippen molar-refractivity contribution in [1.29, 1.82) is 5.26 Å². The van der Waals surface area contributed by atoms with Crippen LogP contribution in [0.3, 0.4) is 0 Å². The van der Waals surface area contributed by atoms with E-state index in [-0.39, 0.29) is 11.9 Å². The van der Waals surface area contributed by atoms with Crippen molar-refractivity contribution in [3.05, 3.63) is 65.7 Å². The van der Waals surface area contributed by atoms with E-state index in [0.717, 1.165) is 36.8 Å². The number of rotatable bonds is 9. The summed E-state index contributed by atoms with van der Waals surface area (Å²) in [5, 5.41) is 10.1. The second kappa shape index (κ2) is 11.6. The first-order chi connectivity index (χ1) is 14.7. The van der Waals surface area contributed by atoms with Gasteiger partial charge in [0.2, 0.25) is 5.91 Å². The number of hydrogen-bond acceptors (Lipinski definition) is 3. The molecule has 0 N–H and O–H groups in total. The normalized spacial score (nSPS) is 15.2. The first-order valence-corrected chi connectivity index (χ1v) is 11.3. The van der Waals surface area contributed by atoms with Gasteiger partial charge < -0.3 is 9.64 Å². The van der Waals surface area contributed by atoms with Crippen molar-refractivity contribution in [1.82, 2.24) is 4.90 Å². The van der Waals surface area contributed by atoms with Gasteiger partial charge in [0.25, 0.3) is 0 Å². The Morgan fingerprint density at radius 2 is 1.80 bits per heavy atom. The molecule has 1 amide bonds. The number of nitriles is 1. The van der Waals surface area contributed by atoms with Crippen molar-refractivity contribution in [2.24, 2.45) is 0 Å². The lowest BCUT2D eigenvalue weighted by atomic mass is 9.91. The molecule has 3 rings (SSSR count). The molecule has 0 aliphatic heterocycles. The van der Waals surface area contributed by atoms with Gasteiger partial charge >= 0.3 is 0 Å². The fraction of sp³-hybridized carbons (Fsp3) is 0.440. The van der Waals surface area contributed by atoms with Crippen molar-refractivity contribution in [2.75, 3.05) is 5.88 Å². The van der Waals surface area contributed by atoms with E-state index in [0.29, 0.717) is 31.1 Å². The summed E-state index contributed by atoms with van der Waals surface area (Å²) >= 11 is 5.84. The van der Waals surface area contributed by atoms with E-state index >= 15 is 0 Å². The highest BCUT2D eigenvalue weighted by atomic mass is 35.5. The minimum Gasteiger partial charge on any atom is -0.489 e. The molecule has 0 bridgehead atoms. The molecular formula is C25H29ClN2O2. The van der Waals surface area contributed by atoms with E-state index in [1.54, 1.807) is 0 Å². The summed E-state index contributed by atoms with van der Waals surface area (Å²) in [6.07, 6.45) is 6.24. The quantitative estimate of drug-likeness (QED) is 0.463. The van der Waals surface area contributed by atoms with Crippen molar-refractivity contribution in [3.8, 4) is 11.8 Å². The molecule has 30 heavy (non-hydrogen) atoms. The highest BCUT2D eigenvalue weighted by Gasteiger charge is 2.33. The molecular weight excluding hydrogens is 396 g/mol. The Labute approximate surface area is 184 Å². The lowest BCUT2D eigenvalue weighted by molar-refractivity contribution is -0.136. The van der Waals surface area contributed by atoms with Gasteiger partial charge in [0.05, 0.1) is 6.07 Å². The molecule has 1 aliphatic carbocycles. The second-order valence-corrected chi connectivity index (χ2v) is 8.11. The van der Waals surface area contributed by atoms with Gasteiger partial charge in [0.15, 0.2) is 0 Å². The third kappa shape index (κ3) is 5.77. The van der Waals surface area contributed by atoms with Crippen molar-refractivity contribution < 1.29 is 9.53 Å². The van der Waals surface area contributed by atoms with Crippen molar-refractivity contribution >= 4 is 17.5 Å². The number of carbonyl (C=O) groups excluding carboxylic acids is 1. The SMILES string of the molecule is N#CC(c1ccccc1OCc1ccccc1)N(C(=O)CCCCl)C1CCCCC1. The maximum absolute atomic E-state index is 13.1. The van der Waals surface area contributed by atoms with E-state index in [1.807, 2.05) is 59.5 Å². The number of para-hydroxylation sites is 1. The van der Waals surface area contributed by atoms with Gasteiger partial charge in [-0.15, -0.1) is 11.6 Å². The predicted molar refractivity (Wildman–Crippen MR) is 119 cm³/mol. The zero-order chi connectivity index (χ0) is 21.2. The highest BCUT2D eigenvalue weighted by molar-refractivity contribution is 6.17. The molecule has 0 aromatic heterocycles. The number of carbonyl (C=O) groups is 1. The van der Waals surface area contributed by atoms with Crippen LogP contribution in [0.15, 0.2) is 54.6 Å². The molecule has 1 fully saturated rings. The molecule has 0 saturated heterocycles. The Balaban J connectivity index is 1.87. The number of halogens is 1. The Morgan fingerprint density at radius 1 is 1.10 bits per heavy atom. The second-order valence-electron chi connectivity index (χ2n) is 7.73. The highest BCUT2D eigenvalue weighted by Crippen LogP contribution is 2.35. The largest absolute Gasteiger partial charge is 0.489 e. The minimum absolute atomic E-state index is 0.00645. The number of ether oxygens (including phenoxy) is 1. The summed E-state index contributed by atoms with van der Waals surface area (Å²) in [5.41, 5.74) is 1.81. The topological polar surface area (TPSA) is 53.3 Å². The summed E-state index contributed by atoms with van der Waals surface area (Å²) in [4.78, 5) is 15.0. The van der Waals surface area contributed by atoms with Crippen LogP contribution in [0.5, 0.6) is 5.75 Å². The summed E-state index contributed by atoms with van der Waals surface area (Å²) in [6.45, 7) is 0.416. The number of amides is 1. The van der Waals surface area contributed by atoms with Crippen LogP contribution in [-0.2, 0) is 11.4 Å². The fourth-order valence-corrected chi connectivity index (χ4v) is 4.25. The average Bonchev–Trinajstić information content (AvgIpc) is 2.81. The van der Waals surface area contributed by atoms with E-state index in [1.165, 1.54) is 6.42 Å². The van der Waals surface area contributed by atoms with Gasteiger partial charge in [-0.05, 0) is 30.9 Å². The van der Waals surface area contributed by atoms with Gasteiger partial charge in [0, 0.05) is 23.9 Å². The summed E-state index contributed by atoms with van der Waals surface area (Å²) in [5.74, 6) is 1.10. The maximum atomic E-state index is 13.1. The Hall–Kier alpha value is -2.51. The van der Waals surface area contributed by atoms with Gasteiger partial charge in [-0.25, -0.2) is 0 Å². The van der Waals surface area contributed by atoms with Gasteiger partial charge in [-0.1, -0.05) is 67.8 Å². The zero-order valence-corrected chi connectivity index (χ0v) is 18.1. The molecule has 0 radical (unpaired) electrons. The lowest BCUT2D eigenvalue weighted by Gasteiger charge is -2.38. The third-order valence-corrected chi connectivity index (χ3v) is 5.90. The molecule has 0 spiro atoms. The molecule has 4 nitrogen and oxygen atoms in total. The number of alkyl halides is 1. The number of nitrogens with zero attached hydrogens (tertiary/aromatic N) is 2. The molecule has 1 unspecified atom stereocenters. The lowest BCUT2D eigenvalue weighted by Crippen LogP contribution is -2.43. The van der Waals surface area contributed by atoms with Gasteiger partial charge in [0.1, 0.15) is 18.4 Å². The molecule has 2 aromatic carbocycles. The molecule has 1 saturated carbocycles. The van der Waals surface area contributed by atoms with Crippen LogP contribution < -0.4 is 4.74 Å². The van der Waals surface area contributed by atoms with E-state index in [4.69, 9.17) is 16.3 Å². The monoisotopic (exact) mass is 424 g/mol. The average molecular weight is 425 g/mol. The van der Waals surface area contributed by atoms with Crippen LogP contribution >= 0.6 is 11.6 Å². The Kier molecular flexibility index (Phi) is 8.59. The predicted octanol–water partition coefficient (Wildman–Crippen LogP) is 6.01.